The summed E-state index contributed by atoms with van der Waals surface area (Å²) in [4.78, 5) is 18.8. The third-order valence-corrected chi connectivity index (χ3v) is 7.17. The first-order valence-corrected chi connectivity index (χ1v) is 11.4. The molecule has 140 valence electrons. The molecule has 4 aromatic rings. The van der Waals surface area contributed by atoms with E-state index in [0.29, 0.717) is 5.75 Å². The molecule has 0 radical (unpaired) electrons. The van der Waals surface area contributed by atoms with Crippen molar-refractivity contribution in [3.05, 3.63) is 49.5 Å². The molecule has 4 rings (SSSR count). The normalized spacial score (nSPS) is 11.5. The van der Waals surface area contributed by atoms with Crippen LogP contribution in [0.5, 0.6) is 0 Å². The molecule has 0 unspecified atom stereocenters. The van der Waals surface area contributed by atoms with Crippen molar-refractivity contribution >= 4 is 39.4 Å². The second-order valence-corrected chi connectivity index (χ2v) is 9.12. The molecule has 0 saturated carbocycles. The van der Waals surface area contributed by atoms with Crippen LogP contribution in [0.1, 0.15) is 29.5 Å². The van der Waals surface area contributed by atoms with Crippen LogP contribution in [0.3, 0.4) is 0 Å². The summed E-state index contributed by atoms with van der Waals surface area (Å²) in [5, 5.41) is 13.8. The van der Waals surface area contributed by atoms with Gasteiger partial charge in [0.2, 0.25) is 0 Å². The quantitative estimate of drug-likeness (QED) is 0.435. The number of nitrogens with zero attached hydrogens (tertiary/aromatic N) is 5. The van der Waals surface area contributed by atoms with Gasteiger partial charge < -0.3 is 4.57 Å². The predicted octanol–water partition coefficient (Wildman–Crippen LogP) is 4.40. The Kier molecular flexibility index (Phi) is 5.16. The monoisotopic (exact) mass is 417 g/mol. The maximum Gasteiger partial charge on any atom is 0.258 e. The molecule has 27 heavy (non-hydrogen) atoms. The van der Waals surface area contributed by atoms with Gasteiger partial charge in [-0.3, -0.25) is 9.20 Å². The zero-order valence-corrected chi connectivity index (χ0v) is 17.7. The zero-order chi connectivity index (χ0) is 19.0. The molecule has 4 aromatic heterocycles. The van der Waals surface area contributed by atoms with E-state index in [2.05, 4.69) is 45.9 Å². The van der Waals surface area contributed by atoms with Gasteiger partial charge >= 0.3 is 0 Å². The van der Waals surface area contributed by atoms with Crippen LogP contribution in [-0.2, 0) is 12.3 Å². The maximum absolute atomic E-state index is 12.2. The average molecular weight is 418 g/mol. The van der Waals surface area contributed by atoms with Crippen molar-refractivity contribution in [3.8, 4) is 11.4 Å². The van der Waals surface area contributed by atoms with Crippen LogP contribution in [0.2, 0.25) is 0 Å². The standard InChI is InChI=1S/C18H19N5OS3/c1-4-5-23-16(14-10-26-12(3)11(14)2)20-21-18(23)27-9-13-8-15(24)22-6-7-25-17(22)19-13/h6-8,10H,4-5,9H2,1-3H3. The molecule has 0 aliphatic heterocycles. The highest BCUT2D eigenvalue weighted by Gasteiger charge is 2.17. The van der Waals surface area contributed by atoms with Gasteiger partial charge in [-0.15, -0.1) is 32.9 Å². The van der Waals surface area contributed by atoms with Gasteiger partial charge in [-0.25, -0.2) is 4.98 Å². The van der Waals surface area contributed by atoms with Gasteiger partial charge in [0, 0.05) is 45.8 Å². The Balaban J connectivity index is 1.63. The number of thiophene rings is 1. The first-order valence-electron chi connectivity index (χ1n) is 8.65. The first kappa shape index (κ1) is 18.4. The Hall–Kier alpha value is -1.97. The summed E-state index contributed by atoms with van der Waals surface area (Å²) >= 11 is 4.78. The van der Waals surface area contributed by atoms with Crippen LogP contribution in [0, 0.1) is 13.8 Å². The summed E-state index contributed by atoms with van der Waals surface area (Å²) in [7, 11) is 0. The van der Waals surface area contributed by atoms with E-state index < -0.39 is 0 Å². The van der Waals surface area contributed by atoms with Gasteiger partial charge in [-0.1, -0.05) is 18.7 Å². The molecular weight excluding hydrogens is 398 g/mol. The van der Waals surface area contributed by atoms with Gasteiger partial charge in [0.15, 0.2) is 15.9 Å². The van der Waals surface area contributed by atoms with Gasteiger partial charge in [-0.2, -0.15) is 0 Å². The second-order valence-electron chi connectivity index (χ2n) is 6.22. The van der Waals surface area contributed by atoms with Crippen molar-refractivity contribution < 1.29 is 0 Å². The van der Waals surface area contributed by atoms with Crippen LogP contribution in [-0.4, -0.2) is 24.1 Å². The summed E-state index contributed by atoms with van der Waals surface area (Å²) in [6.07, 6.45) is 2.75. The van der Waals surface area contributed by atoms with E-state index in [1.54, 1.807) is 39.8 Å². The highest BCUT2D eigenvalue weighted by atomic mass is 32.2. The van der Waals surface area contributed by atoms with Crippen LogP contribution in [0.4, 0.5) is 0 Å². The van der Waals surface area contributed by atoms with Crippen molar-refractivity contribution in [2.45, 2.75) is 44.6 Å². The van der Waals surface area contributed by atoms with E-state index in [4.69, 9.17) is 0 Å². The molecule has 0 atom stereocenters. The second kappa shape index (κ2) is 7.57. The lowest BCUT2D eigenvalue weighted by Gasteiger charge is -2.09. The number of thioether (sulfide) groups is 1. The van der Waals surface area contributed by atoms with Crippen LogP contribution in [0.25, 0.3) is 16.3 Å². The highest BCUT2D eigenvalue weighted by molar-refractivity contribution is 7.98. The van der Waals surface area contributed by atoms with E-state index in [1.807, 2.05) is 5.38 Å². The molecule has 0 N–H and O–H groups in total. The van der Waals surface area contributed by atoms with E-state index in [1.165, 1.54) is 21.8 Å². The molecule has 0 bridgehead atoms. The number of hydrogen-bond donors (Lipinski definition) is 0. The van der Waals surface area contributed by atoms with E-state index in [0.717, 1.165) is 40.2 Å². The molecule has 0 aliphatic carbocycles. The molecule has 0 fully saturated rings. The summed E-state index contributed by atoms with van der Waals surface area (Å²) in [5.74, 6) is 1.51. The van der Waals surface area contributed by atoms with E-state index in [9.17, 15) is 4.79 Å². The number of thiazole rings is 1. The fraction of sp³-hybridized carbons (Fsp3) is 0.333. The number of hydrogen-bond acceptors (Lipinski definition) is 7. The van der Waals surface area contributed by atoms with Gasteiger partial charge in [0.25, 0.3) is 5.56 Å². The summed E-state index contributed by atoms with van der Waals surface area (Å²) in [6, 6.07) is 1.60. The fourth-order valence-electron chi connectivity index (χ4n) is 2.85. The predicted molar refractivity (Wildman–Crippen MR) is 112 cm³/mol. The number of rotatable bonds is 6. The van der Waals surface area contributed by atoms with E-state index >= 15 is 0 Å². The van der Waals surface area contributed by atoms with E-state index in [-0.39, 0.29) is 5.56 Å². The van der Waals surface area contributed by atoms with Crippen molar-refractivity contribution in [1.29, 1.82) is 0 Å². The average Bonchev–Trinajstić information content (AvgIpc) is 3.35. The first-order chi connectivity index (χ1) is 13.1. The molecule has 0 amide bonds. The van der Waals surface area contributed by atoms with Gasteiger partial charge in [0.1, 0.15) is 0 Å². The minimum Gasteiger partial charge on any atom is -0.302 e. The lowest BCUT2D eigenvalue weighted by atomic mass is 10.1. The Labute approximate surface area is 168 Å². The smallest absolute Gasteiger partial charge is 0.258 e. The SMILES string of the molecule is CCCn1c(SCc2cc(=O)n3ccsc3n2)nnc1-c1csc(C)c1C. The van der Waals surface area contributed by atoms with Crippen LogP contribution < -0.4 is 5.56 Å². The van der Waals surface area contributed by atoms with Crippen molar-refractivity contribution in [2.75, 3.05) is 0 Å². The number of aromatic nitrogens is 5. The molecule has 4 heterocycles. The lowest BCUT2D eigenvalue weighted by Crippen LogP contribution is -2.12. The molecular formula is C18H19N5OS3. The van der Waals surface area contributed by atoms with Crippen molar-refractivity contribution in [3.63, 3.8) is 0 Å². The lowest BCUT2D eigenvalue weighted by molar-refractivity contribution is 0.626. The molecule has 0 saturated heterocycles. The largest absolute Gasteiger partial charge is 0.302 e. The van der Waals surface area contributed by atoms with Crippen LogP contribution in [0.15, 0.2) is 33.0 Å². The molecule has 9 heteroatoms. The Morgan fingerprint density at radius 3 is 2.81 bits per heavy atom. The molecule has 0 aromatic carbocycles. The minimum atomic E-state index is -0.0445. The number of aryl methyl sites for hydroxylation is 1. The zero-order valence-electron chi connectivity index (χ0n) is 15.3. The molecule has 6 nitrogen and oxygen atoms in total. The number of fused-ring (bicyclic) bond motifs is 1. The summed E-state index contributed by atoms with van der Waals surface area (Å²) in [5.41, 5.74) is 3.14. The van der Waals surface area contributed by atoms with Gasteiger partial charge in [-0.05, 0) is 25.8 Å². The van der Waals surface area contributed by atoms with Crippen LogP contribution >= 0.6 is 34.4 Å². The van der Waals surface area contributed by atoms with Crippen molar-refractivity contribution in [1.82, 2.24) is 24.1 Å². The fourth-order valence-corrected chi connectivity index (χ4v) is 5.31. The van der Waals surface area contributed by atoms with Crippen molar-refractivity contribution in [2.24, 2.45) is 0 Å². The Bertz CT molecular complexity index is 1150. The van der Waals surface area contributed by atoms with Gasteiger partial charge in [0.05, 0.1) is 5.69 Å². The third kappa shape index (κ3) is 3.46. The molecule has 0 spiro atoms. The topological polar surface area (TPSA) is 65.1 Å². The summed E-state index contributed by atoms with van der Waals surface area (Å²) < 4.78 is 3.74. The molecule has 0 aliphatic rings. The highest BCUT2D eigenvalue weighted by Crippen LogP contribution is 2.32. The summed E-state index contributed by atoms with van der Waals surface area (Å²) in [6.45, 7) is 7.27. The minimum absolute atomic E-state index is 0.0445. The third-order valence-electron chi connectivity index (χ3n) is 4.40. The Morgan fingerprint density at radius 1 is 1.22 bits per heavy atom. The Morgan fingerprint density at radius 2 is 2.07 bits per heavy atom. The maximum atomic E-state index is 12.2.